The zero-order valence-corrected chi connectivity index (χ0v) is 11.1. The van der Waals surface area contributed by atoms with E-state index >= 15 is 0 Å². The molecule has 2 rings (SSSR count). The first-order valence-corrected chi connectivity index (χ1v) is 5.86. The second-order valence-corrected chi connectivity index (χ2v) is 4.23. The zero-order valence-electron chi connectivity index (χ0n) is 11.1. The van der Waals surface area contributed by atoms with Crippen molar-refractivity contribution in [2.75, 3.05) is 11.9 Å². The topological polar surface area (TPSA) is 77.2 Å². The van der Waals surface area contributed by atoms with E-state index < -0.39 is 0 Å². The molecule has 1 aromatic carbocycles. The second kappa shape index (κ2) is 5.51. The predicted octanol–water partition coefficient (Wildman–Crippen LogP) is 2.01. The van der Waals surface area contributed by atoms with Crippen molar-refractivity contribution in [1.29, 1.82) is 0 Å². The molecule has 0 saturated heterocycles. The minimum Gasteiger partial charge on any atom is -0.483 e. The Labute approximate surface area is 110 Å². The van der Waals surface area contributed by atoms with Crippen LogP contribution in [0, 0.1) is 20.8 Å². The van der Waals surface area contributed by atoms with E-state index in [4.69, 9.17) is 4.74 Å². The van der Waals surface area contributed by atoms with E-state index in [1.807, 2.05) is 32.0 Å². The standard InChI is InChI=1S/C13H15N3O3/c1-8-5-4-6-11(9(8)2)18-7-12(17)14-13-10(3)15-19-16-13/h4-6H,7H2,1-3H3,(H,14,16,17). The normalized spacial score (nSPS) is 10.3. The summed E-state index contributed by atoms with van der Waals surface area (Å²) in [6, 6.07) is 5.71. The van der Waals surface area contributed by atoms with Crippen molar-refractivity contribution in [2.24, 2.45) is 0 Å². The summed E-state index contributed by atoms with van der Waals surface area (Å²) in [5.74, 6) is 0.708. The number of aryl methyl sites for hydroxylation is 2. The Hall–Kier alpha value is -2.37. The number of anilines is 1. The fourth-order valence-electron chi connectivity index (χ4n) is 1.54. The molecule has 1 heterocycles. The number of rotatable bonds is 4. The highest BCUT2D eigenvalue weighted by Gasteiger charge is 2.10. The molecular weight excluding hydrogens is 246 g/mol. The highest BCUT2D eigenvalue weighted by molar-refractivity contribution is 5.91. The number of benzene rings is 1. The smallest absolute Gasteiger partial charge is 0.263 e. The minimum atomic E-state index is -0.306. The van der Waals surface area contributed by atoms with Gasteiger partial charge in [-0.3, -0.25) is 4.79 Å². The van der Waals surface area contributed by atoms with E-state index in [9.17, 15) is 4.79 Å². The summed E-state index contributed by atoms with van der Waals surface area (Å²) >= 11 is 0. The average Bonchev–Trinajstić information content (AvgIpc) is 2.77. The van der Waals surface area contributed by atoms with E-state index in [1.54, 1.807) is 6.92 Å². The largest absolute Gasteiger partial charge is 0.483 e. The Morgan fingerprint density at radius 2 is 2.11 bits per heavy atom. The summed E-state index contributed by atoms with van der Waals surface area (Å²) in [4.78, 5) is 11.7. The van der Waals surface area contributed by atoms with Crippen LogP contribution in [0.2, 0.25) is 0 Å². The first-order valence-electron chi connectivity index (χ1n) is 5.86. The van der Waals surface area contributed by atoms with E-state index in [-0.39, 0.29) is 12.5 Å². The lowest BCUT2D eigenvalue weighted by molar-refractivity contribution is -0.118. The molecule has 0 radical (unpaired) electrons. The van der Waals surface area contributed by atoms with Crippen molar-refractivity contribution in [2.45, 2.75) is 20.8 Å². The molecule has 6 heteroatoms. The molecule has 0 unspecified atom stereocenters. The average molecular weight is 261 g/mol. The van der Waals surface area contributed by atoms with Crippen molar-refractivity contribution in [1.82, 2.24) is 10.3 Å². The van der Waals surface area contributed by atoms with Crippen molar-refractivity contribution >= 4 is 11.7 Å². The van der Waals surface area contributed by atoms with Gasteiger partial charge >= 0.3 is 0 Å². The van der Waals surface area contributed by atoms with Crippen LogP contribution in [0.4, 0.5) is 5.82 Å². The molecule has 1 N–H and O–H groups in total. The zero-order chi connectivity index (χ0) is 13.8. The van der Waals surface area contributed by atoms with E-state index in [2.05, 4.69) is 20.3 Å². The number of nitrogens with one attached hydrogen (secondary N) is 1. The number of amides is 1. The van der Waals surface area contributed by atoms with Crippen molar-refractivity contribution in [3.63, 3.8) is 0 Å². The quantitative estimate of drug-likeness (QED) is 0.911. The van der Waals surface area contributed by atoms with Crippen molar-refractivity contribution < 1.29 is 14.2 Å². The Morgan fingerprint density at radius 1 is 1.32 bits per heavy atom. The van der Waals surface area contributed by atoms with Gasteiger partial charge in [0.25, 0.3) is 5.91 Å². The van der Waals surface area contributed by atoms with Crippen LogP contribution in [0.15, 0.2) is 22.8 Å². The van der Waals surface area contributed by atoms with Crippen LogP contribution < -0.4 is 10.1 Å². The molecule has 0 aliphatic rings. The van der Waals surface area contributed by atoms with Gasteiger partial charge in [0.05, 0.1) is 0 Å². The van der Waals surface area contributed by atoms with Crippen LogP contribution in [-0.2, 0) is 4.79 Å². The van der Waals surface area contributed by atoms with Gasteiger partial charge in [0.2, 0.25) is 0 Å². The first-order chi connectivity index (χ1) is 9.08. The summed E-state index contributed by atoms with van der Waals surface area (Å²) in [6.07, 6.45) is 0. The lowest BCUT2D eigenvalue weighted by atomic mass is 10.1. The van der Waals surface area contributed by atoms with Crippen molar-refractivity contribution in [3.8, 4) is 5.75 Å². The minimum absolute atomic E-state index is 0.0867. The van der Waals surface area contributed by atoms with E-state index in [1.165, 1.54) is 0 Å². The molecule has 0 fully saturated rings. The van der Waals surface area contributed by atoms with Crippen LogP contribution in [0.25, 0.3) is 0 Å². The number of hydrogen-bond donors (Lipinski definition) is 1. The Kier molecular flexibility index (Phi) is 3.79. The van der Waals surface area contributed by atoms with Crippen LogP contribution in [0.5, 0.6) is 5.75 Å². The molecule has 6 nitrogen and oxygen atoms in total. The van der Waals surface area contributed by atoms with Crippen LogP contribution >= 0.6 is 0 Å². The lowest BCUT2D eigenvalue weighted by Crippen LogP contribution is -2.21. The third-order valence-electron chi connectivity index (χ3n) is 2.82. The molecule has 0 aliphatic carbocycles. The SMILES string of the molecule is Cc1cccc(OCC(=O)Nc2nonc2C)c1C. The van der Waals surface area contributed by atoms with Gasteiger partial charge in [-0.1, -0.05) is 17.3 Å². The summed E-state index contributed by atoms with van der Waals surface area (Å²) in [7, 11) is 0. The number of carbonyl (C=O) groups is 1. The maximum absolute atomic E-state index is 11.7. The van der Waals surface area contributed by atoms with Gasteiger partial charge in [0.1, 0.15) is 11.4 Å². The highest BCUT2D eigenvalue weighted by Crippen LogP contribution is 2.20. The van der Waals surface area contributed by atoms with Crippen molar-refractivity contribution in [3.05, 3.63) is 35.0 Å². The summed E-state index contributed by atoms with van der Waals surface area (Å²) in [6.45, 7) is 5.55. The monoisotopic (exact) mass is 261 g/mol. The Morgan fingerprint density at radius 3 is 2.79 bits per heavy atom. The molecule has 19 heavy (non-hydrogen) atoms. The van der Waals surface area contributed by atoms with Gasteiger partial charge < -0.3 is 10.1 Å². The number of aromatic nitrogens is 2. The molecular formula is C13H15N3O3. The lowest BCUT2D eigenvalue weighted by Gasteiger charge is -2.10. The van der Waals surface area contributed by atoms with E-state index in [0.717, 1.165) is 11.1 Å². The van der Waals surface area contributed by atoms with Crippen LogP contribution in [0.1, 0.15) is 16.8 Å². The van der Waals surface area contributed by atoms with Crippen LogP contribution in [0.3, 0.4) is 0 Å². The van der Waals surface area contributed by atoms with Gasteiger partial charge in [-0.2, -0.15) is 0 Å². The van der Waals surface area contributed by atoms with Gasteiger partial charge in [0, 0.05) is 0 Å². The van der Waals surface area contributed by atoms with Gasteiger partial charge in [0.15, 0.2) is 12.4 Å². The molecule has 0 saturated carbocycles. The predicted molar refractivity (Wildman–Crippen MR) is 69.1 cm³/mol. The molecule has 1 aromatic heterocycles. The number of hydrogen-bond acceptors (Lipinski definition) is 5. The molecule has 0 spiro atoms. The Bertz CT molecular complexity index is 593. The molecule has 0 aliphatic heterocycles. The molecule has 1 amide bonds. The third-order valence-corrected chi connectivity index (χ3v) is 2.82. The van der Waals surface area contributed by atoms with Gasteiger partial charge in [-0.25, -0.2) is 4.63 Å². The summed E-state index contributed by atoms with van der Waals surface area (Å²) < 4.78 is 9.97. The fourth-order valence-corrected chi connectivity index (χ4v) is 1.54. The maximum Gasteiger partial charge on any atom is 0.263 e. The molecule has 0 bridgehead atoms. The van der Waals surface area contributed by atoms with E-state index in [0.29, 0.717) is 17.3 Å². The molecule has 0 atom stereocenters. The summed E-state index contributed by atoms with van der Waals surface area (Å²) in [5.41, 5.74) is 2.67. The number of nitrogens with zero attached hydrogens (tertiary/aromatic N) is 2. The molecule has 100 valence electrons. The fraction of sp³-hybridized carbons (Fsp3) is 0.308. The highest BCUT2D eigenvalue weighted by atomic mass is 16.6. The molecule has 2 aromatic rings. The van der Waals surface area contributed by atoms with Gasteiger partial charge in [-0.05, 0) is 43.1 Å². The Balaban J connectivity index is 1.94. The maximum atomic E-state index is 11.7. The van der Waals surface area contributed by atoms with Gasteiger partial charge in [-0.15, -0.1) is 0 Å². The first kappa shape index (κ1) is 13.1. The van der Waals surface area contributed by atoms with Crippen LogP contribution in [-0.4, -0.2) is 22.8 Å². The number of carbonyl (C=O) groups excluding carboxylic acids is 1. The third kappa shape index (κ3) is 3.09. The summed E-state index contributed by atoms with van der Waals surface area (Å²) in [5, 5.41) is 9.70. The number of ether oxygens (including phenoxy) is 1. The second-order valence-electron chi connectivity index (χ2n) is 4.23.